The Balaban J connectivity index is -0.0000000383. The number of hydrogen-bond acceptors (Lipinski definition) is 5. The van der Waals surface area contributed by atoms with Crippen LogP contribution in [-0.4, -0.2) is 33.9 Å². The van der Waals surface area contributed by atoms with Crippen LogP contribution in [0, 0.1) is 0 Å². The molecule has 0 aliphatic rings. The Kier molecular flexibility index (Phi) is 24.6. The first-order chi connectivity index (χ1) is 3.73. The zero-order chi connectivity index (χ0) is 8.08. The summed E-state index contributed by atoms with van der Waals surface area (Å²) >= 11 is 0. The molecule has 7 nitrogen and oxygen atoms in total. The molecule has 10 heteroatoms. The van der Waals surface area contributed by atoms with E-state index in [0.29, 0.717) is 0 Å². The van der Waals surface area contributed by atoms with Crippen LogP contribution in [0.2, 0.25) is 0 Å². The fraction of sp³-hybridized carbons (Fsp3) is 0. The second kappa shape index (κ2) is 11.8. The zero-order valence-corrected chi connectivity index (χ0v) is 11.8. The Morgan fingerprint density at radius 1 is 1.18 bits per heavy atom. The molecule has 0 unspecified atom stereocenters. The van der Waals surface area contributed by atoms with Gasteiger partial charge >= 0.3 is 87.1 Å². The SMILES string of the molecule is O=C(O)O.O=S(=O)([O-])[O-].[K+].[Na+]. The van der Waals surface area contributed by atoms with Gasteiger partial charge in [-0.05, 0) is 0 Å². The summed E-state index contributed by atoms with van der Waals surface area (Å²) in [5, 5.41) is 13.9. The van der Waals surface area contributed by atoms with Crippen LogP contribution in [0.15, 0.2) is 0 Å². The van der Waals surface area contributed by atoms with Crippen molar-refractivity contribution in [2.24, 2.45) is 0 Å². The second-order valence-electron chi connectivity index (χ2n) is 0.691. The minimum atomic E-state index is -5.17. The van der Waals surface area contributed by atoms with Gasteiger partial charge in [0.1, 0.15) is 0 Å². The molecule has 0 saturated carbocycles. The Morgan fingerprint density at radius 3 is 1.18 bits per heavy atom. The molecule has 0 saturated heterocycles. The normalized spacial score (nSPS) is 7.45. The van der Waals surface area contributed by atoms with Gasteiger partial charge in [-0.1, -0.05) is 0 Å². The van der Waals surface area contributed by atoms with E-state index in [1.54, 1.807) is 0 Å². The van der Waals surface area contributed by atoms with Crippen LogP contribution in [0.4, 0.5) is 4.79 Å². The first-order valence-corrected chi connectivity index (χ1v) is 2.65. The summed E-state index contributed by atoms with van der Waals surface area (Å²) < 4.78 is 34.1. The molecule has 0 atom stereocenters. The molecular formula is CH2KNaO7S. The quantitative estimate of drug-likeness (QED) is 0.235. The first-order valence-electron chi connectivity index (χ1n) is 1.32. The van der Waals surface area contributed by atoms with Crippen molar-refractivity contribution < 1.29 is 113 Å². The van der Waals surface area contributed by atoms with Gasteiger partial charge in [0.2, 0.25) is 0 Å². The molecule has 0 aromatic rings. The molecule has 0 fully saturated rings. The molecule has 0 rings (SSSR count). The maximum Gasteiger partial charge on any atom is 1.00 e. The zero-order valence-electron chi connectivity index (χ0n) is 5.84. The molecule has 0 bridgehead atoms. The third-order valence-electron chi connectivity index (χ3n) is 0. The molecule has 0 aromatic carbocycles. The van der Waals surface area contributed by atoms with Crippen molar-refractivity contribution in [3.8, 4) is 0 Å². The molecule has 2 N–H and O–H groups in total. The number of carbonyl (C=O) groups is 1. The fourth-order valence-electron chi connectivity index (χ4n) is 0. The van der Waals surface area contributed by atoms with E-state index in [2.05, 4.69) is 0 Å². The van der Waals surface area contributed by atoms with Crippen molar-refractivity contribution in [3.05, 3.63) is 0 Å². The summed E-state index contributed by atoms with van der Waals surface area (Å²) in [4.78, 5) is 8.56. The average Bonchev–Trinajstić information content (AvgIpc) is 1.19. The predicted molar refractivity (Wildman–Crippen MR) is 21.1 cm³/mol. The van der Waals surface area contributed by atoms with Gasteiger partial charge in [0.25, 0.3) is 0 Å². The van der Waals surface area contributed by atoms with E-state index in [0.717, 1.165) is 0 Å². The van der Waals surface area contributed by atoms with E-state index in [1.807, 2.05) is 0 Å². The van der Waals surface area contributed by atoms with Crippen molar-refractivity contribution in [2.75, 3.05) is 0 Å². The molecule has 11 heavy (non-hydrogen) atoms. The monoisotopic (exact) mass is 220 g/mol. The molecule has 0 aliphatic heterocycles. The van der Waals surface area contributed by atoms with Crippen molar-refractivity contribution in [3.63, 3.8) is 0 Å². The minimum Gasteiger partial charge on any atom is -0.759 e. The molecular weight excluding hydrogens is 218 g/mol. The smallest absolute Gasteiger partial charge is 0.759 e. The van der Waals surface area contributed by atoms with E-state index in [-0.39, 0.29) is 80.9 Å². The van der Waals surface area contributed by atoms with Gasteiger partial charge in [-0.3, -0.25) is 8.42 Å². The fourth-order valence-corrected chi connectivity index (χ4v) is 0. The summed E-state index contributed by atoms with van der Waals surface area (Å²) in [6, 6.07) is 0. The van der Waals surface area contributed by atoms with Crippen LogP contribution in [0.1, 0.15) is 0 Å². The summed E-state index contributed by atoms with van der Waals surface area (Å²) in [6.45, 7) is 0. The minimum absolute atomic E-state index is 0. The Bertz CT molecular complexity index is 161. The average molecular weight is 220 g/mol. The second-order valence-corrected chi connectivity index (χ2v) is 1.51. The predicted octanol–water partition coefficient (Wildman–Crippen LogP) is -7.11. The van der Waals surface area contributed by atoms with Gasteiger partial charge < -0.3 is 19.3 Å². The standard InChI is InChI=1S/CH2O3.K.Na.H2O4S/c2-1(3)4;;;1-5(2,3)4/h(H2,2,3,4);;;(H2,1,2,3,4)/q;2*+1;/p-2. The molecule has 0 aliphatic carbocycles. The molecule has 0 aromatic heterocycles. The van der Waals surface area contributed by atoms with Crippen LogP contribution in [-0.2, 0) is 10.4 Å². The van der Waals surface area contributed by atoms with Gasteiger partial charge in [0.05, 0.1) is 0 Å². The third-order valence-corrected chi connectivity index (χ3v) is 0. The van der Waals surface area contributed by atoms with Crippen LogP contribution in [0.25, 0.3) is 0 Å². The van der Waals surface area contributed by atoms with Crippen molar-refractivity contribution in [1.82, 2.24) is 0 Å². The van der Waals surface area contributed by atoms with Crippen molar-refractivity contribution >= 4 is 16.6 Å². The third kappa shape index (κ3) is 357. The Labute approximate surface area is 127 Å². The van der Waals surface area contributed by atoms with Crippen molar-refractivity contribution in [1.29, 1.82) is 0 Å². The van der Waals surface area contributed by atoms with E-state index in [1.165, 1.54) is 0 Å². The van der Waals surface area contributed by atoms with Crippen LogP contribution in [0.5, 0.6) is 0 Å². The van der Waals surface area contributed by atoms with E-state index < -0.39 is 16.6 Å². The Morgan fingerprint density at radius 2 is 1.18 bits per heavy atom. The number of carboxylic acid groups (broad SMARTS) is 2. The van der Waals surface area contributed by atoms with E-state index >= 15 is 0 Å². The first kappa shape index (κ1) is 23.0. The molecule has 0 radical (unpaired) electrons. The van der Waals surface area contributed by atoms with E-state index in [4.69, 9.17) is 32.5 Å². The topological polar surface area (TPSA) is 138 Å². The molecule has 0 heterocycles. The van der Waals surface area contributed by atoms with Crippen LogP contribution in [0.3, 0.4) is 0 Å². The van der Waals surface area contributed by atoms with Gasteiger partial charge in [-0.15, -0.1) is 0 Å². The van der Waals surface area contributed by atoms with Gasteiger partial charge in [0, 0.05) is 10.4 Å². The molecule has 56 valence electrons. The largest absolute Gasteiger partial charge is 1.00 e. The van der Waals surface area contributed by atoms with Gasteiger partial charge in [-0.2, -0.15) is 0 Å². The number of hydrogen-bond donors (Lipinski definition) is 2. The molecule has 0 spiro atoms. The van der Waals surface area contributed by atoms with Crippen molar-refractivity contribution in [2.45, 2.75) is 0 Å². The maximum absolute atomic E-state index is 8.56. The van der Waals surface area contributed by atoms with Gasteiger partial charge in [0.15, 0.2) is 0 Å². The Hall–Kier alpha value is 1.78. The summed E-state index contributed by atoms with van der Waals surface area (Å²) in [5.74, 6) is 0. The van der Waals surface area contributed by atoms with Crippen LogP contribution >= 0.6 is 0 Å². The summed E-state index contributed by atoms with van der Waals surface area (Å²) in [7, 11) is -5.17. The van der Waals surface area contributed by atoms with Crippen LogP contribution < -0.4 is 80.9 Å². The maximum atomic E-state index is 8.56. The van der Waals surface area contributed by atoms with Gasteiger partial charge in [-0.25, -0.2) is 4.79 Å². The molecule has 0 amide bonds. The number of rotatable bonds is 0. The summed E-state index contributed by atoms with van der Waals surface area (Å²) in [6.07, 6.45) is -1.83. The van der Waals surface area contributed by atoms with E-state index in [9.17, 15) is 0 Å². The summed E-state index contributed by atoms with van der Waals surface area (Å²) in [5.41, 5.74) is 0.